The molecule has 4 nitrogen and oxygen atoms in total. The van der Waals surface area contributed by atoms with Gasteiger partial charge in [0.2, 0.25) is 5.91 Å². The molecule has 0 radical (unpaired) electrons. The third-order valence-corrected chi connectivity index (χ3v) is 8.41. The fourth-order valence-electron chi connectivity index (χ4n) is 7.10. The van der Waals surface area contributed by atoms with Gasteiger partial charge in [0.1, 0.15) is 0 Å². The number of carbonyl (C=O) groups is 1. The summed E-state index contributed by atoms with van der Waals surface area (Å²) < 4.78 is 0. The van der Waals surface area contributed by atoms with Gasteiger partial charge in [-0.05, 0) is 70.6 Å². The Hall–Kier alpha value is -1.39. The van der Waals surface area contributed by atoms with E-state index >= 15 is 0 Å². The third-order valence-electron chi connectivity index (χ3n) is 8.41. The molecule has 3 heterocycles. The van der Waals surface area contributed by atoms with Crippen molar-refractivity contribution in [2.75, 3.05) is 26.7 Å². The molecule has 5 atom stereocenters. The SMILES string of the molecule is CN1[C@H]2CCC[C@H]3N(C(=O)CN4CCCC4)[C@@H](Cc4ccccc4)[C@@H]1C[C@@]23C. The molecule has 0 aromatic heterocycles. The van der Waals surface area contributed by atoms with Gasteiger partial charge in [-0.15, -0.1) is 0 Å². The van der Waals surface area contributed by atoms with Crippen molar-refractivity contribution in [3.63, 3.8) is 0 Å². The van der Waals surface area contributed by atoms with Crippen molar-refractivity contribution in [3.05, 3.63) is 35.9 Å². The summed E-state index contributed by atoms with van der Waals surface area (Å²) in [5.74, 6) is 0.389. The second-order valence-electron chi connectivity index (χ2n) is 9.95. The normalized spacial score (nSPS) is 38.1. The summed E-state index contributed by atoms with van der Waals surface area (Å²) in [6, 6.07) is 12.7. The zero-order valence-corrected chi connectivity index (χ0v) is 17.5. The van der Waals surface area contributed by atoms with Gasteiger partial charge >= 0.3 is 0 Å². The number of benzene rings is 1. The number of fused-ring (bicyclic) bond motifs is 1. The summed E-state index contributed by atoms with van der Waals surface area (Å²) in [6.07, 6.45) is 8.47. The van der Waals surface area contributed by atoms with E-state index in [0.29, 0.717) is 36.6 Å². The molecule has 152 valence electrons. The Balaban J connectivity index is 1.48. The zero-order valence-electron chi connectivity index (χ0n) is 17.5. The van der Waals surface area contributed by atoms with Crippen molar-refractivity contribution in [1.82, 2.24) is 14.7 Å². The summed E-state index contributed by atoms with van der Waals surface area (Å²) in [4.78, 5) is 21.1. The van der Waals surface area contributed by atoms with Crippen LogP contribution >= 0.6 is 0 Å². The molecule has 3 saturated heterocycles. The van der Waals surface area contributed by atoms with Crippen molar-refractivity contribution < 1.29 is 4.79 Å². The minimum atomic E-state index is 0.269. The Morgan fingerprint density at radius 2 is 1.79 bits per heavy atom. The molecule has 1 amide bonds. The van der Waals surface area contributed by atoms with E-state index in [-0.39, 0.29) is 5.41 Å². The topological polar surface area (TPSA) is 26.8 Å². The fourth-order valence-corrected chi connectivity index (χ4v) is 7.10. The molecule has 5 rings (SSSR count). The van der Waals surface area contributed by atoms with Crippen molar-refractivity contribution in [3.8, 4) is 0 Å². The van der Waals surface area contributed by atoms with E-state index in [4.69, 9.17) is 0 Å². The highest BCUT2D eigenvalue weighted by atomic mass is 16.2. The van der Waals surface area contributed by atoms with Crippen LogP contribution < -0.4 is 0 Å². The molecule has 1 aromatic rings. The maximum Gasteiger partial charge on any atom is 0.237 e. The molecule has 1 aliphatic carbocycles. The highest BCUT2D eigenvalue weighted by molar-refractivity contribution is 5.79. The predicted molar refractivity (Wildman–Crippen MR) is 112 cm³/mol. The second-order valence-corrected chi connectivity index (χ2v) is 9.95. The first-order valence-electron chi connectivity index (χ1n) is 11.4. The average Bonchev–Trinajstić information content (AvgIpc) is 3.28. The monoisotopic (exact) mass is 381 g/mol. The number of likely N-dealkylation sites (N-methyl/N-ethyl adjacent to an activating group) is 1. The summed E-state index contributed by atoms with van der Waals surface area (Å²) in [6.45, 7) is 5.29. The van der Waals surface area contributed by atoms with Crippen molar-refractivity contribution in [2.24, 2.45) is 5.41 Å². The molecule has 0 N–H and O–H groups in total. The van der Waals surface area contributed by atoms with E-state index in [1.807, 2.05) is 0 Å². The quantitative estimate of drug-likeness (QED) is 0.802. The molecule has 28 heavy (non-hydrogen) atoms. The Morgan fingerprint density at radius 1 is 1.07 bits per heavy atom. The van der Waals surface area contributed by atoms with Crippen LogP contribution in [-0.2, 0) is 11.2 Å². The van der Waals surface area contributed by atoms with Crippen LogP contribution in [0.3, 0.4) is 0 Å². The second kappa shape index (κ2) is 7.14. The first-order valence-corrected chi connectivity index (χ1v) is 11.4. The van der Waals surface area contributed by atoms with E-state index in [9.17, 15) is 4.79 Å². The lowest BCUT2D eigenvalue weighted by Gasteiger charge is -2.53. The molecule has 4 aliphatic rings. The average molecular weight is 382 g/mol. The maximum atomic E-state index is 13.7. The number of carbonyl (C=O) groups excluding carboxylic acids is 1. The van der Waals surface area contributed by atoms with Gasteiger partial charge in [0.15, 0.2) is 0 Å². The largest absolute Gasteiger partial charge is 0.333 e. The first kappa shape index (κ1) is 18.6. The molecular weight excluding hydrogens is 346 g/mol. The molecule has 3 aliphatic heterocycles. The van der Waals surface area contributed by atoms with Crippen molar-refractivity contribution in [2.45, 2.75) is 76.0 Å². The van der Waals surface area contributed by atoms with Gasteiger partial charge in [-0.3, -0.25) is 14.6 Å². The Morgan fingerprint density at radius 3 is 2.54 bits per heavy atom. The number of amides is 1. The Labute approximate surface area is 169 Å². The first-order chi connectivity index (χ1) is 13.6. The molecule has 1 aromatic carbocycles. The van der Waals surface area contributed by atoms with Crippen molar-refractivity contribution >= 4 is 5.91 Å². The van der Waals surface area contributed by atoms with Crippen LogP contribution in [0.1, 0.15) is 51.0 Å². The molecule has 4 heteroatoms. The number of likely N-dealkylation sites (tertiary alicyclic amines) is 3. The van der Waals surface area contributed by atoms with Gasteiger partial charge in [0.05, 0.1) is 12.6 Å². The number of nitrogens with zero attached hydrogens (tertiary/aromatic N) is 3. The highest BCUT2D eigenvalue weighted by Gasteiger charge is 2.62. The smallest absolute Gasteiger partial charge is 0.237 e. The van der Waals surface area contributed by atoms with Crippen LogP contribution in [-0.4, -0.2) is 71.5 Å². The molecule has 2 bridgehead atoms. The van der Waals surface area contributed by atoms with E-state index in [1.54, 1.807) is 0 Å². The number of hydrogen-bond donors (Lipinski definition) is 0. The lowest BCUT2D eigenvalue weighted by molar-refractivity contribution is -0.145. The van der Waals surface area contributed by atoms with Crippen LogP contribution in [0.25, 0.3) is 0 Å². The van der Waals surface area contributed by atoms with E-state index < -0.39 is 0 Å². The van der Waals surface area contributed by atoms with Gasteiger partial charge in [-0.1, -0.05) is 37.3 Å². The molecule has 0 spiro atoms. The predicted octanol–water partition coefficient (Wildman–Crippen LogP) is 3.17. The van der Waals surface area contributed by atoms with E-state index in [0.717, 1.165) is 19.5 Å². The Bertz CT molecular complexity index is 716. The van der Waals surface area contributed by atoms with Crippen molar-refractivity contribution in [1.29, 1.82) is 0 Å². The summed E-state index contributed by atoms with van der Waals surface area (Å²) in [5.41, 5.74) is 1.64. The maximum absolute atomic E-state index is 13.7. The van der Waals surface area contributed by atoms with E-state index in [1.165, 1.54) is 44.1 Å². The number of rotatable bonds is 4. The standard InChI is InChI=1S/C24H35N3O/c1-24-16-20-19(15-18-9-4-3-5-10-18)27(23(28)17-26-13-6-7-14-26)22(24)12-8-11-21(24)25(20)2/h3-5,9-10,19-22H,6-8,11-17H2,1-2H3/t19-,20-,21-,22+,24-/m0/s1. The summed E-state index contributed by atoms with van der Waals surface area (Å²) in [7, 11) is 2.33. The van der Waals surface area contributed by atoms with E-state index in [2.05, 4.69) is 59.0 Å². The minimum absolute atomic E-state index is 0.269. The fraction of sp³-hybridized carbons (Fsp3) is 0.708. The van der Waals surface area contributed by atoms with Gasteiger partial charge < -0.3 is 4.90 Å². The third kappa shape index (κ3) is 2.91. The molecular formula is C24H35N3O. The van der Waals surface area contributed by atoms with Crippen LogP contribution in [0, 0.1) is 5.41 Å². The van der Waals surface area contributed by atoms with Crippen LogP contribution in [0.2, 0.25) is 0 Å². The van der Waals surface area contributed by atoms with Crippen LogP contribution in [0.5, 0.6) is 0 Å². The van der Waals surface area contributed by atoms with Gasteiger partial charge in [0, 0.05) is 23.5 Å². The van der Waals surface area contributed by atoms with Gasteiger partial charge in [0.25, 0.3) is 0 Å². The lowest BCUT2D eigenvalue weighted by atomic mass is 9.64. The Kier molecular flexibility index (Phi) is 4.75. The van der Waals surface area contributed by atoms with Gasteiger partial charge in [-0.2, -0.15) is 0 Å². The zero-order chi connectivity index (χ0) is 19.3. The molecule has 1 saturated carbocycles. The van der Waals surface area contributed by atoms with Gasteiger partial charge in [-0.25, -0.2) is 0 Å². The lowest BCUT2D eigenvalue weighted by Crippen LogP contribution is -2.63. The van der Waals surface area contributed by atoms with Crippen LogP contribution in [0.4, 0.5) is 0 Å². The number of hydrogen-bond acceptors (Lipinski definition) is 3. The van der Waals surface area contributed by atoms with Crippen LogP contribution in [0.15, 0.2) is 30.3 Å². The number of piperidine rings is 1. The highest BCUT2D eigenvalue weighted by Crippen LogP contribution is 2.55. The summed E-state index contributed by atoms with van der Waals surface area (Å²) in [5, 5.41) is 0. The minimum Gasteiger partial charge on any atom is -0.333 e. The molecule has 4 fully saturated rings. The summed E-state index contributed by atoms with van der Waals surface area (Å²) >= 11 is 0. The molecule has 0 unspecified atom stereocenters.